The maximum Gasteiger partial charge on any atom is 0.223 e. The van der Waals surface area contributed by atoms with Crippen LogP contribution < -0.4 is 15.8 Å². The monoisotopic (exact) mass is 296 g/mol. The standard InChI is InChI=1S/C15H21ClN2O2/c16-12-4-6-13(7-5-12)20-9-8-15(19)18-14-3-1-2-11(14)10-17/h4-7,11,14H,1-3,8-10,17H2,(H,18,19). The van der Waals surface area contributed by atoms with Crippen LogP contribution in [0.2, 0.25) is 5.02 Å². The minimum absolute atomic E-state index is 0.0318. The van der Waals surface area contributed by atoms with E-state index in [0.717, 1.165) is 25.0 Å². The Morgan fingerprint density at radius 3 is 2.80 bits per heavy atom. The third kappa shape index (κ3) is 4.39. The molecule has 20 heavy (non-hydrogen) atoms. The minimum atomic E-state index is 0.0318. The first-order valence-electron chi connectivity index (χ1n) is 7.07. The van der Waals surface area contributed by atoms with Crippen molar-refractivity contribution in [2.75, 3.05) is 13.2 Å². The van der Waals surface area contributed by atoms with E-state index in [2.05, 4.69) is 5.32 Å². The zero-order chi connectivity index (χ0) is 14.4. The van der Waals surface area contributed by atoms with Gasteiger partial charge < -0.3 is 15.8 Å². The lowest BCUT2D eigenvalue weighted by Gasteiger charge is -2.19. The van der Waals surface area contributed by atoms with E-state index in [9.17, 15) is 4.79 Å². The Morgan fingerprint density at radius 1 is 1.35 bits per heavy atom. The summed E-state index contributed by atoms with van der Waals surface area (Å²) in [6, 6.07) is 7.36. The van der Waals surface area contributed by atoms with Gasteiger partial charge >= 0.3 is 0 Å². The molecule has 1 aromatic carbocycles. The van der Waals surface area contributed by atoms with Crippen LogP contribution in [0, 0.1) is 5.92 Å². The number of rotatable bonds is 6. The average molecular weight is 297 g/mol. The van der Waals surface area contributed by atoms with Gasteiger partial charge in [0.2, 0.25) is 5.91 Å². The Hall–Kier alpha value is -1.26. The van der Waals surface area contributed by atoms with Crippen molar-refractivity contribution in [3.8, 4) is 5.75 Å². The number of hydrogen-bond donors (Lipinski definition) is 2. The summed E-state index contributed by atoms with van der Waals surface area (Å²) in [6.07, 6.45) is 3.65. The quantitative estimate of drug-likeness (QED) is 0.847. The van der Waals surface area contributed by atoms with Crippen LogP contribution in [0.4, 0.5) is 0 Å². The highest BCUT2D eigenvalue weighted by atomic mass is 35.5. The summed E-state index contributed by atoms with van der Waals surface area (Å²) in [5.41, 5.74) is 5.70. The van der Waals surface area contributed by atoms with Gasteiger partial charge in [-0.25, -0.2) is 0 Å². The van der Waals surface area contributed by atoms with E-state index in [0.29, 0.717) is 30.5 Å². The SMILES string of the molecule is NCC1CCCC1NC(=O)CCOc1ccc(Cl)cc1. The smallest absolute Gasteiger partial charge is 0.223 e. The van der Waals surface area contributed by atoms with Gasteiger partial charge in [-0.15, -0.1) is 0 Å². The molecule has 110 valence electrons. The Bertz CT molecular complexity index is 436. The maximum absolute atomic E-state index is 11.9. The van der Waals surface area contributed by atoms with Gasteiger partial charge in [0.1, 0.15) is 5.75 Å². The van der Waals surface area contributed by atoms with Gasteiger partial charge in [0.25, 0.3) is 0 Å². The number of ether oxygens (including phenoxy) is 1. The Morgan fingerprint density at radius 2 is 2.10 bits per heavy atom. The van der Waals surface area contributed by atoms with Gasteiger partial charge in [-0.1, -0.05) is 18.0 Å². The van der Waals surface area contributed by atoms with E-state index in [4.69, 9.17) is 22.1 Å². The lowest BCUT2D eigenvalue weighted by atomic mass is 10.0. The summed E-state index contributed by atoms with van der Waals surface area (Å²) in [4.78, 5) is 11.9. The van der Waals surface area contributed by atoms with Gasteiger partial charge in [-0.05, 0) is 49.6 Å². The largest absolute Gasteiger partial charge is 0.493 e. The molecule has 2 unspecified atom stereocenters. The average Bonchev–Trinajstić information content (AvgIpc) is 2.88. The van der Waals surface area contributed by atoms with E-state index in [1.165, 1.54) is 0 Å². The molecule has 1 saturated carbocycles. The second-order valence-corrected chi connectivity index (χ2v) is 5.59. The highest BCUT2D eigenvalue weighted by molar-refractivity contribution is 6.30. The lowest BCUT2D eigenvalue weighted by Crippen LogP contribution is -2.40. The fourth-order valence-electron chi connectivity index (χ4n) is 2.58. The van der Waals surface area contributed by atoms with Gasteiger partial charge in [-0.3, -0.25) is 4.79 Å². The Balaban J connectivity index is 1.68. The molecule has 0 aliphatic heterocycles. The van der Waals surface area contributed by atoms with Gasteiger partial charge in [0.15, 0.2) is 0 Å². The molecule has 1 aliphatic carbocycles. The van der Waals surface area contributed by atoms with Crippen molar-refractivity contribution in [2.24, 2.45) is 11.7 Å². The van der Waals surface area contributed by atoms with Crippen molar-refractivity contribution in [1.29, 1.82) is 0 Å². The normalized spacial score (nSPS) is 21.7. The molecular weight excluding hydrogens is 276 g/mol. The number of carbonyl (C=O) groups is 1. The molecule has 0 spiro atoms. The molecule has 3 N–H and O–H groups in total. The number of nitrogens with one attached hydrogen (secondary N) is 1. The molecule has 5 heteroatoms. The van der Waals surface area contributed by atoms with Gasteiger partial charge in [0.05, 0.1) is 13.0 Å². The Labute approximate surface area is 124 Å². The van der Waals surface area contributed by atoms with Crippen molar-refractivity contribution in [2.45, 2.75) is 31.7 Å². The van der Waals surface area contributed by atoms with E-state index in [1.807, 2.05) is 0 Å². The first kappa shape index (κ1) is 15.1. The summed E-state index contributed by atoms with van der Waals surface area (Å²) in [5.74, 6) is 1.18. The van der Waals surface area contributed by atoms with Crippen molar-refractivity contribution >= 4 is 17.5 Å². The third-order valence-corrected chi connectivity index (χ3v) is 3.97. The zero-order valence-corrected chi connectivity index (χ0v) is 12.2. The molecule has 1 aromatic rings. The Kier molecular flexibility index (Phi) is 5.68. The molecule has 0 bridgehead atoms. The summed E-state index contributed by atoms with van der Waals surface area (Å²) in [5, 5.41) is 3.73. The van der Waals surface area contributed by atoms with E-state index >= 15 is 0 Å². The lowest BCUT2D eigenvalue weighted by molar-refractivity contribution is -0.122. The first-order valence-corrected chi connectivity index (χ1v) is 7.44. The second kappa shape index (κ2) is 7.50. The molecule has 2 rings (SSSR count). The van der Waals surface area contributed by atoms with Crippen molar-refractivity contribution in [3.05, 3.63) is 29.3 Å². The second-order valence-electron chi connectivity index (χ2n) is 5.15. The topological polar surface area (TPSA) is 64.3 Å². The van der Waals surface area contributed by atoms with Crippen LogP contribution in [0.5, 0.6) is 5.75 Å². The maximum atomic E-state index is 11.9. The van der Waals surface area contributed by atoms with Crippen LogP contribution >= 0.6 is 11.6 Å². The van der Waals surface area contributed by atoms with Crippen LogP contribution in [0.1, 0.15) is 25.7 Å². The predicted octanol–water partition coefficient (Wildman–Crippen LogP) is 2.35. The highest BCUT2D eigenvalue weighted by Gasteiger charge is 2.26. The van der Waals surface area contributed by atoms with E-state index < -0.39 is 0 Å². The molecule has 4 nitrogen and oxygen atoms in total. The van der Waals surface area contributed by atoms with Crippen LogP contribution in [-0.4, -0.2) is 25.1 Å². The molecular formula is C15H21ClN2O2. The van der Waals surface area contributed by atoms with Gasteiger partial charge in [-0.2, -0.15) is 0 Å². The number of amides is 1. The van der Waals surface area contributed by atoms with Crippen LogP contribution in [-0.2, 0) is 4.79 Å². The summed E-state index contributed by atoms with van der Waals surface area (Å²) < 4.78 is 5.51. The summed E-state index contributed by atoms with van der Waals surface area (Å²) in [6.45, 7) is 1.01. The zero-order valence-electron chi connectivity index (χ0n) is 11.5. The highest BCUT2D eigenvalue weighted by Crippen LogP contribution is 2.24. The van der Waals surface area contributed by atoms with Crippen LogP contribution in [0.25, 0.3) is 0 Å². The number of benzene rings is 1. The minimum Gasteiger partial charge on any atom is -0.493 e. The third-order valence-electron chi connectivity index (χ3n) is 3.72. The fraction of sp³-hybridized carbons (Fsp3) is 0.533. The number of halogens is 1. The van der Waals surface area contributed by atoms with Crippen molar-refractivity contribution in [3.63, 3.8) is 0 Å². The van der Waals surface area contributed by atoms with Crippen molar-refractivity contribution in [1.82, 2.24) is 5.32 Å². The molecule has 2 atom stereocenters. The summed E-state index contributed by atoms with van der Waals surface area (Å²) in [7, 11) is 0. The molecule has 0 saturated heterocycles. The molecule has 1 fully saturated rings. The van der Waals surface area contributed by atoms with Crippen LogP contribution in [0.3, 0.4) is 0 Å². The van der Waals surface area contributed by atoms with Crippen molar-refractivity contribution < 1.29 is 9.53 Å². The van der Waals surface area contributed by atoms with Crippen LogP contribution in [0.15, 0.2) is 24.3 Å². The molecule has 0 heterocycles. The van der Waals surface area contributed by atoms with Gasteiger partial charge in [0, 0.05) is 11.1 Å². The predicted molar refractivity (Wildman–Crippen MR) is 79.9 cm³/mol. The molecule has 0 aromatic heterocycles. The molecule has 0 radical (unpaired) electrons. The molecule has 1 amide bonds. The number of nitrogens with two attached hydrogens (primary N) is 1. The number of hydrogen-bond acceptors (Lipinski definition) is 3. The van der Waals surface area contributed by atoms with E-state index in [1.54, 1.807) is 24.3 Å². The molecule has 1 aliphatic rings. The first-order chi connectivity index (χ1) is 9.69. The van der Waals surface area contributed by atoms with E-state index in [-0.39, 0.29) is 11.9 Å². The summed E-state index contributed by atoms with van der Waals surface area (Å²) >= 11 is 5.79. The fourth-order valence-corrected chi connectivity index (χ4v) is 2.71. The number of carbonyl (C=O) groups excluding carboxylic acids is 1.